The SMILES string of the molecule is Cc1cc(C(=O)CC2CC2)n(C)c1C. The molecule has 1 saturated carbocycles. The molecule has 2 rings (SSSR count). The van der Waals surface area contributed by atoms with Gasteiger partial charge in [0, 0.05) is 19.2 Å². The molecule has 76 valence electrons. The van der Waals surface area contributed by atoms with Crippen molar-refractivity contribution in [2.75, 3.05) is 0 Å². The van der Waals surface area contributed by atoms with E-state index in [1.165, 1.54) is 24.1 Å². The molecule has 0 aromatic carbocycles. The zero-order chi connectivity index (χ0) is 10.3. The van der Waals surface area contributed by atoms with Crippen molar-refractivity contribution in [3.8, 4) is 0 Å². The summed E-state index contributed by atoms with van der Waals surface area (Å²) in [4.78, 5) is 11.9. The van der Waals surface area contributed by atoms with Crippen LogP contribution < -0.4 is 0 Å². The standard InChI is InChI=1S/C12H17NO/c1-8-6-11(13(3)9(8)2)12(14)7-10-4-5-10/h6,10H,4-5,7H2,1-3H3. The summed E-state index contributed by atoms with van der Waals surface area (Å²) >= 11 is 0. The van der Waals surface area contributed by atoms with Crippen molar-refractivity contribution in [3.05, 3.63) is 23.0 Å². The third kappa shape index (κ3) is 1.61. The maximum atomic E-state index is 11.9. The van der Waals surface area contributed by atoms with E-state index in [2.05, 4.69) is 13.8 Å². The van der Waals surface area contributed by atoms with E-state index in [0.717, 1.165) is 12.1 Å². The van der Waals surface area contributed by atoms with Gasteiger partial charge >= 0.3 is 0 Å². The predicted octanol–water partition coefficient (Wildman–Crippen LogP) is 2.62. The summed E-state index contributed by atoms with van der Waals surface area (Å²) in [5, 5.41) is 0. The molecular formula is C12H17NO. The Balaban J connectivity index is 2.21. The largest absolute Gasteiger partial charge is 0.345 e. The number of nitrogens with zero attached hydrogens (tertiary/aromatic N) is 1. The van der Waals surface area contributed by atoms with Crippen LogP contribution in [0, 0.1) is 19.8 Å². The molecule has 0 bridgehead atoms. The smallest absolute Gasteiger partial charge is 0.179 e. The summed E-state index contributed by atoms with van der Waals surface area (Å²) < 4.78 is 2.01. The minimum absolute atomic E-state index is 0.311. The Labute approximate surface area is 84.9 Å². The second kappa shape index (κ2) is 3.26. The molecule has 2 nitrogen and oxygen atoms in total. The molecule has 0 aliphatic heterocycles. The zero-order valence-corrected chi connectivity index (χ0v) is 9.13. The second-order valence-corrected chi connectivity index (χ2v) is 4.43. The highest BCUT2D eigenvalue weighted by molar-refractivity contribution is 5.95. The van der Waals surface area contributed by atoms with E-state index in [1.807, 2.05) is 17.7 Å². The van der Waals surface area contributed by atoms with E-state index in [-0.39, 0.29) is 0 Å². The van der Waals surface area contributed by atoms with E-state index in [4.69, 9.17) is 0 Å². The van der Waals surface area contributed by atoms with Gasteiger partial charge in [-0.2, -0.15) is 0 Å². The lowest BCUT2D eigenvalue weighted by molar-refractivity contribution is 0.0968. The third-order valence-corrected chi connectivity index (χ3v) is 3.25. The Kier molecular flexibility index (Phi) is 2.22. The van der Waals surface area contributed by atoms with Gasteiger partial charge < -0.3 is 4.57 Å². The first kappa shape index (κ1) is 9.50. The number of rotatable bonds is 3. The molecule has 1 aliphatic rings. The first-order chi connectivity index (χ1) is 6.59. The lowest BCUT2D eigenvalue weighted by Crippen LogP contribution is -2.07. The van der Waals surface area contributed by atoms with Gasteiger partial charge in [-0.1, -0.05) is 0 Å². The molecule has 1 aromatic rings. The minimum atomic E-state index is 0.311. The van der Waals surface area contributed by atoms with Crippen LogP contribution in [0.25, 0.3) is 0 Å². The maximum Gasteiger partial charge on any atom is 0.179 e. The first-order valence-electron chi connectivity index (χ1n) is 5.25. The number of carbonyl (C=O) groups is 1. The van der Waals surface area contributed by atoms with Crippen molar-refractivity contribution in [1.29, 1.82) is 0 Å². The van der Waals surface area contributed by atoms with Crippen LogP contribution in [0.4, 0.5) is 0 Å². The van der Waals surface area contributed by atoms with Gasteiger partial charge in [-0.15, -0.1) is 0 Å². The van der Waals surface area contributed by atoms with E-state index in [9.17, 15) is 4.79 Å². The summed E-state index contributed by atoms with van der Waals surface area (Å²) in [5.74, 6) is 0.990. The summed E-state index contributed by atoms with van der Waals surface area (Å²) in [6, 6.07) is 2.01. The Morgan fingerprint density at radius 3 is 2.57 bits per heavy atom. The molecule has 1 aromatic heterocycles. The van der Waals surface area contributed by atoms with E-state index < -0.39 is 0 Å². The Morgan fingerprint density at radius 1 is 1.50 bits per heavy atom. The number of hydrogen-bond acceptors (Lipinski definition) is 1. The maximum absolute atomic E-state index is 11.9. The van der Waals surface area contributed by atoms with Crippen molar-refractivity contribution < 1.29 is 4.79 Å². The van der Waals surface area contributed by atoms with Crippen LogP contribution in [-0.2, 0) is 7.05 Å². The number of Topliss-reactive ketones (excluding diaryl/α,β-unsaturated/α-hetero) is 1. The molecule has 0 unspecified atom stereocenters. The van der Waals surface area contributed by atoms with Crippen LogP contribution in [0.2, 0.25) is 0 Å². The summed E-state index contributed by atoms with van der Waals surface area (Å²) in [6.07, 6.45) is 3.24. The quantitative estimate of drug-likeness (QED) is 0.673. The molecule has 2 heteroatoms. The predicted molar refractivity (Wildman–Crippen MR) is 56.6 cm³/mol. The summed E-state index contributed by atoms with van der Waals surface area (Å²) in [5.41, 5.74) is 3.29. The molecule has 14 heavy (non-hydrogen) atoms. The molecule has 0 N–H and O–H groups in total. The lowest BCUT2D eigenvalue weighted by atomic mass is 10.1. The molecule has 0 atom stereocenters. The number of ketones is 1. The van der Waals surface area contributed by atoms with Crippen molar-refractivity contribution in [2.45, 2.75) is 33.1 Å². The average molecular weight is 191 g/mol. The lowest BCUT2D eigenvalue weighted by Gasteiger charge is -2.03. The first-order valence-corrected chi connectivity index (χ1v) is 5.25. The van der Waals surface area contributed by atoms with Gasteiger partial charge in [0.1, 0.15) is 0 Å². The Bertz CT molecular complexity index is 372. The monoisotopic (exact) mass is 191 g/mol. The molecular weight excluding hydrogens is 174 g/mol. The average Bonchev–Trinajstić information content (AvgIpc) is 2.90. The highest BCUT2D eigenvalue weighted by atomic mass is 16.1. The molecule has 1 heterocycles. The van der Waals surface area contributed by atoms with Gasteiger partial charge in [-0.3, -0.25) is 4.79 Å². The normalized spacial score (nSPS) is 15.9. The van der Waals surface area contributed by atoms with Gasteiger partial charge in [0.2, 0.25) is 0 Å². The Morgan fingerprint density at radius 2 is 2.14 bits per heavy atom. The molecule has 1 fully saturated rings. The Hall–Kier alpha value is -1.05. The fraction of sp³-hybridized carbons (Fsp3) is 0.583. The highest BCUT2D eigenvalue weighted by Gasteiger charge is 2.26. The van der Waals surface area contributed by atoms with Crippen molar-refractivity contribution >= 4 is 5.78 Å². The second-order valence-electron chi connectivity index (χ2n) is 4.43. The van der Waals surface area contributed by atoms with Gasteiger partial charge in [0.15, 0.2) is 5.78 Å². The molecule has 0 saturated heterocycles. The molecule has 0 radical (unpaired) electrons. The number of hydrogen-bond donors (Lipinski definition) is 0. The van der Waals surface area contributed by atoms with Crippen LogP contribution in [0.1, 0.15) is 41.0 Å². The van der Waals surface area contributed by atoms with Crippen LogP contribution >= 0.6 is 0 Å². The number of aromatic nitrogens is 1. The van der Waals surface area contributed by atoms with Crippen molar-refractivity contribution in [1.82, 2.24) is 4.57 Å². The van der Waals surface area contributed by atoms with Crippen molar-refractivity contribution in [3.63, 3.8) is 0 Å². The number of aryl methyl sites for hydroxylation is 1. The fourth-order valence-corrected chi connectivity index (χ4v) is 1.81. The summed E-state index contributed by atoms with van der Waals surface area (Å²) in [6.45, 7) is 4.12. The van der Waals surface area contributed by atoms with E-state index >= 15 is 0 Å². The van der Waals surface area contributed by atoms with Crippen LogP contribution in [0.15, 0.2) is 6.07 Å². The van der Waals surface area contributed by atoms with Crippen molar-refractivity contribution in [2.24, 2.45) is 13.0 Å². The van der Waals surface area contributed by atoms with Crippen LogP contribution in [0.3, 0.4) is 0 Å². The van der Waals surface area contributed by atoms with Gasteiger partial charge in [0.25, 0.3) is 0 Å². The number of carbonyl (C=O) groups excluding carboxylic acids is 1. The fourth-order valence-electron chi connectivity index (χ4n) is 1.81. The highest BCUT2D eigenvalue weighted by Crippen LogP contribution is 2.33. The zero-order valence-electron chi connectivity index (χ0n) is 9.13. The molecule has 1 aliphatic carbocycles. The van der Waals surface area contributed by atoms with E-state index in [1.54, 1.807) is 0 Å². The van der Waals surface area contributed by atoms with Gasteiger partial charge in [0.05, 0.1) is 5.69 Å². The molecule has 0 spiro atoms. The third-order valence-electron chi connectivity index (χ3n) is 3.25. The van der Waals surface area contributed by atoms with E-state index in [0.29, 0.717) is 11.7 Å². The van der Waals surface area contributed by atoms with Crippen LogP contribution in [-0.4, -0.2) is 10.4 Å². The van der Waals surface area contributed by atoms with Gasteiger partial charge in [-0.05, 0) is 44.2 Å². The van der Waals surface area contributed by atoms with Crippen LogP contribution in [0.5, 0.6) is 0 Å². The topological polar surface area (TPSA) is 22.0 Å². The molecule has 0 amide bonds. The minimum Gasteiger partial charge on any atom is -0.345 e. The van der Waals surface area contributed by atoms with Gasteiger partial charge in [-0.25, -0.2) is 0 Å². The summed E-state index contributed by atoms with van der Waals surface area (Å²) in [7, 11) is 1.97.